The summed E-state index contributed by atoms with van der Waals surface area (Å²) in [6, 6.07) is 7.92. The molecule has 3 amide bonds. The highest BCUT2D eigenvalue weighted by molar-refractivity contribution is 6.31. The molecule has 29 heavy (non-hydrogen) atoms. The second-order valence-electron chi connectivity index (χ2n) is 6.02. The molecule has 152 valence electrons. The minimum Gasteiger partial charge on any atom is -0.338 e. The van der Waals surface area contributed by atoms with E-state index in [0.29, 0.717) is 24.3 Å². The Morgan fingerprint density at radius 3 is 2.72 bits per heavy atom. The summed E-state index contributed by atoms with van der Waals surface area (Å²) in [5, 5.41) is 6.91. The Labute approximate surface area is 167 Å². The summed E-state index contributed by atoms with van der Waals surface area (Å²) in [5.41, 5.74) is 1.25. The van der Waals surface area contributed by atoms with Crippen molar-refractivity contribution in [2.75, 3.05) is 17.2 Å². The highest BCUT2D eigenvalue weighted by atomic mass is 35.5. The number of hydrogen-bond donors (Lipinski definition) is 4. The number of anilines is 2. The number of carbonyl (C=O) groups excluding carboxylic acids is 2. The lowest BCUT2D eigenvalue weighted by atomic mass is 10.1. The monoisotopic (exact) mass is 425 g/mol. The lowest BCUT2D eigenvalue weighted by molar-refractivity contribution is -0.137. The van der Waals surface area contributed by atoms with Crippen molar-refractivity contribution in [2.45, 2.75) is 12.6 Å². The van der Waals surface area contributed by atoms with Gasteiger partial charge in [-0.05, 0) is 42.3 Å². The number of rotatable bonds is 6. The van der Waals surface area contributed by atoms with E-state index in [1.54, 1.807) is 6.07 Å². The van der Waals surface area contributed by atoms with Crippen LogP contribution in [-0.4, -0.2) is 29.0 Å². The minimum absolute atomic E-state index is 0.0201. The van der Waals surface area contributed by atoms with Crippen LogP contribution in [0.25, 0.3) is 11.0 Å². The molecule has 3 rings (SSSR count). The van der Waals surface area contributed by atoms with Crippen molar-refractivity contribution in [3.63, 3.8) is 0 Å². The first kappa shape index (κ1) is 20.5. The molecule has 0 atom stereocenters. The molecule has 0 fully saturated rings. The van der Waals surface area contributed by atoms with Crippen LogP contribution in [0.15, 0.2) is 36.4 Å². The van der Waals surface area contributed by atoms with Gasteiger partial charge in [-0.15, -0.1) is 0 Å². The van der Waals surface area contributed by atoms with Crippen LogP contribution in [0.2, 0.25) is 5.02 Å². The van der Waals surface area contributed by atoms with E-state index in [0.717, 1.165) is 23.2 Å². The molecule has 0 unspecified atom stereocenters. The highest BCUT2D eigenvalue weighted by Gasteiger charge is 2.33. The molecule has 4 N–H and O–H groups in total. The third kappa shape index (κ3) is 5.17. The number of aromatic amines is 1. The second kappa shape index (κ2) is 8.39. The standard InChI is InChI=1S/C18H15ClF3N5O2/c19-13-3-2-11(8-12(13)18(20,21)22)25-17(29)23-6-5-10-1-4-14-15(7-10)27-16(26-14)24-9-28/h1-4,7-9H,5-6H2,(H2,23,25,29)(H2,24,26,27,28). The second-order valence-corrected chi connectivity index (χ2v) is 6.43. The number of imidazole rings is 1. The Balaban J connectivity index is 1.56. The fourth-order valence-electron chi connectivity index (χ4n) is 2.65. The number of urea groups is 1. The van der Waals surface area contributed by atoms with Gasteiger partial charge < -0.3 is 15.6 Å². The van der Waals surface area contributed by atoms with Crippen LogP contribution < -0.4 is 16.0 Å². The van der Waals surface area contributed by atoms with Crippen LogP contribution in [0.4, 0.5) is 29.6 Å². The molecule has 1 heterocycles. The number of halogens is 4. The number of hydrogen-bond acceptors (Lipinski definition) is 3. The fourth-order valence-corrected chi connectivity index (χ4v) is 2.88. The van der Waals surface area contributed by atoms with E-state index in [9.17, 15) is 22.8 Å². The fraction of sp³-hybridized carbons (Fsp3) is 0.167. The first-order valence-electron chi connectivity index (χ1n) is 8.36. The minimum atomic E-state index is -4.61. The maximum Gasteiger partial charge on any atom is 0.417 e. The van der Waals surface area contributed by atoms with Gasteiger partial charge in [0.25, 0.3) is 0 Å². The largest absolute Gasteiger partial charge is 0.417 e. The predicted octanol–water partition coefficient (Wildman–Crippen LogP) is 4.17. The number of aromatic nitrogens is 2. The van der Waals surface area contributed by atoms with Crippen molar-refractivity contribution in [1.29, 1.82) is 0 Å². The molecular formula is C18H15ClF3N5O2. The number of carbonyl (C=O) groups is 2. The summed E-state index contributed by atoms with van der Waals surface area (Å²) < 4.78 is 38.6. The third-order valence-corrected chi connectivity index (χ3v) is 4.30. The van der Waals surface area contributed by atoms with Crippen molar-refractivity contribution in [2.24, 2.45) is 0 Å². The van der Waals surface area contributed by atoms with E-state index in [-0.39, 0.29) is 12.2 Å². The topological polar surface area (TPSA) is 98.9 Å². The summed E-state index contributed by atoms with van der Waals surface area (Å²) in [4.78, 5) is 29.5. The lowest BCUT2D eigenvalue weighted by Crippen LogP contribution is -2.30. The molecule has 0 saturated heterocycles. The molecule has 1 aromatic heterocycles. The summed E-state index contributed by atoms with van der Waals surface area (Å²) in [5.74, 6) is 0.325. The van der Waals surface area contributed by atoms with Crippen LogP contribution in [-0.2, 0) is 17.4 Å². The van der Waals surface area contributed by atoms with E-state index in [1.807, 2.05) is 12.1 Å². The molecule has 0 aliphatic carbocycles. The maximum atomic E-state index is 12.9. The quantitative estimate of drug-likeness (QED) is 0.446. The Hall–Kier alpha value is -3.27. The lowest BCUT2D eigenvalue weighted by Gasteiger charge is -2.12. The SMILES string of the molecule is O=CNc1nc2ccc(CCNC(=O)Nc3ccc(Cl)c(C(F)(F)F)c3)cc2[nH]1. The van der Waals surface area contributed by atoms with Crippen LogP contribution in [0.1, 0.15) is 11.1 Å². The Kier molecular flexibility index (Phi) is 5.92. The van der Waals surface area contributed by atoms with Crippen molar-refractivity contribution in [3.8, 4) is 0 Å². The van der Waals surface area contributed by atoms with Gasteiger partial charge in [0.1, 0.15) is 0 Å². The van der Waals surface area contributed by atoms with Gasteiger partial charge in [-0.3, -0.25) is 10.1 Å². The molecule has 0 radical (unpaired) electrons. The first-order chi connectivity index (χ1) is 13.8. The zero-order valence-electron chi connectivity index (χ0n) is 14.7. The summed E-state index contributed by atoms with van der Waals surface area (Å²) in [7, 11) is 0. The zero-order chi connectivity index (χ0) is 21.0. The summed E-state index contributed by atoms with van der Waals surface area (Å²) in [6.45, 7) is 0.255. The normalized spacial score (nSPS) is 11.3. The van der Waals surface area contributed by atoms with E-state index in [2.05, 4.69) is 25.9 Å². The number of amides is 3. The van der Waals surface area contributed by atoms with Gasteiger partial charge in [0.15, 0.2) is 0 Å². The molecule has 2 aromatic carbocycles. The van der Waals surface area contributed by atoms with Gasteiger partial charge in [-0.1, -0.05) is 17.7 Å². The molecular weight excluding hydrogens is 411 g/mol. The average molecular weight is 426 g/mol. The number of H-pyrrole nitrogens is 1. The van der Waals surface area contributed by atoms with Crippen molar-refractivity contribution >= 4 is 46.7 Å². The molecule has 7 nitrogen and oxygen atoms in total. The predicted molar refractivity (Wildman–Crippen MR) is 103 cm³/mol. The van der Waals surface area contributed by atoms with Crippen LogP contribution in [0.5, 0.6) is 0 Å². The van der Waals surface area contributed by atoms with Crippen LogP contribution in [0, 0.1) is 0 Å². The Morgan fingerprint density at radius 2 is 2.00 bits per heavy atom. The van der Waals surface area contributed by atoms with Gasteiger partial charge in [0.2, 0.25) is 12.4 Å². The summed E-state index contributed by atoms with van der Waals surface area (Å²) >= 11 is 5.55. The maximum absolute atomic E-state index is 12.9. The summed E-state index contributed by atoms with van der Waals surface area (Å²) in [6.07, 6.45) is -3.62. The van der Waals surface area contributed by atoms with Gasteiger partial charge in [0, 0.05) is 12.2 Å². The van der Waals surface area contributed by atoms with Crippen molar-refractivity contribution in [3.05, 3.63) is 52.5 Å². The van der Waals surface area contributed by atoms with Crippen LogP contribution in [0.3, 0.4) is 0 Å². The van der Waals surface area contributed by atoms with E-state index in [1.165, 1.54) is 6.07 Å². The number of nitrogens with zero attached hydrogens (tertiary/aromatic N) is 1. The number of benzene rings is 2. The van der Waals surface area contributed by atoms with Gasteiger partial charge in [-0.25, -0.2) is 9.78 Å². The zero-order valence-corrected chi connectivity index (χ0v) is 15.5. The molecule has 0 saturated carbocycles. The molecule has 0 aliphatic rings. The first-order valence-corrected chi connectivity index (χ1v) is 8.74. The van der Waals surface area contributed by atoms with Gasteiger partial charge in [-0.2, -0.15) is 13.2 Å². The van der Waals surface area contributed by atoms with Gasteiger partial charge >= 0.3 is 12.2 Å². The molecule has 3 aromatic rings. The highest BCUT2D eigenvalue weighted by Crippen LogP contribution is 2.36. The Bertz CT molecular complexity index is 1050. The number of alkyl halides is 3. The van der Waals surface area contributed by atoms with Crippen molar-refractivity contribution < 1.29 is 22.8 Å². The Morgan fingerprint density at radius 1 is 1.21 bits per heavy atom. The number of fused-ring (bicyclic) bond motifs is 1. The van der Waals surface area contributed by atoms with Crippen molar-refractivity contribution in [1.82, 2.24) is 15.3 Å². The number of nitrogens with one attached hydrogen (secondary N) is 4. The molecule has 0 aliphatic heterocycles. The molecule has 0 spiro atoms. The molecule has 11 heteroatoms. The van der Waals surface area contributed by atoms with E-state index in [4.69, 9.17) is 11.6 Å². The van der Waals surface area contributed by atoms with E-state index < -0.39 is 22.8 Å². The average Bonchev–Trinajstić information content (AvgIpc) is 3.04. The third-order valence-electron chi connectivity index (χ3n) is 3.97. The molecule has 0 bridgehead atoms. The van der Waals surface area contributed by atoms with Gasteiger partial charge in [0.05, 0.1) is 21.6 Å². The van der Waals surface area contributed by atoms with Crippen LogP contribution >= 0.6 is 11.6 Å². The van der Waals surface area contributed by atoms with E-state index >= 15 is 0 Å². The smallest absolute Gasteiger partial charge is 0.338 e.